The molecule has 184 valence electrons. The molecule has 2 aliphatic rings. The lowest BCUT2D eigenvalue weighted by Gasteiger charge is -2.30. The van der Waals surface area contributed by atoms with Gasteiger partial charge in [0, 0.05) is 10.9 Å². The summed E-state index contributed by atoms with van der Waals surface area (Å²) < 4.78 is 5.34. The van der Waals surface area contributed by atoms with Gasteiger partial charge >= 0.3 is 12.0 Å². The molecule has 1 aromatic heterocycles. The Balaban J connectivity index is 1.33. The van der Waals surface area contributed by atoms with Crippen LogP contribution in [0.5, 0.6) is 0 Å². The molecule has 0 atom stereocenters. The smallest absolute Gasteiger partial charge is 0.344 e. The lowest BCUT2D eigenvalue weighted by atomic mass is 9.82. The number of hydrogen-bond acceptors (Lipinski definition) is 6. The van der Waals surface area contributed by atoms with E-state index in [0.29, 0.717) is 45.6 Å². The van der Waals surface area contributed by atoms with Gasteiger partial charge in [-0.05, 0) is 31.4 Å². The SMILES string of the molecule is Cc1c(-c2ccccc2)nc2ccccc2c1C(=O)OCC(=O)NN1C(=O)NC2(CCCCC2)C1=O. The Morgan fingerprint density at radius 2 is 1.72 bits per heavy atom. The highest BCUT2D eigenvalue weighted by Crippen LogP contribution is 2.33. The van der Waals surface area contributed by atoms with Crippen LogP contribution in [0.3, 0.4) is 0 Å². The number of urea groups is 1. The summed E-state index contributed by atoms with van der Waals surface area (Å²) in [5.41, 5.74) is 4.38. The first-order valence-electron chi connectivity index (χ1n) is 12.0. The molecule has 1 saturated carbocycles. The first kappa shape index (κ1) is 23.5. The number of ether oxygens (including phenoxy) is 1. The van der Waals surface area contributed by atoms with Crippen LogP contribution in [0.4, 0.5) is 4.79 Å². The van der Waals surface area contributed by atoms with Crippen LogP contribution < -0.4 is 10.7 Å². The molecule has 5 rings (SSSR count). The summed E-state index contributed by atoms with van der Waals surface area (Å²) in [4.78, 5) is 55.7. The number of rotatable bonds is 5. The zero-order valence-corrected chi connectivity index (χ0v) is 19.9. The molecule has 1 spiro atoms. The molecular weight excluding hydrogens is 460 g/mol. The molecule has 2 fully saturated rings. The Morgan fingerprint density at radius 1 is 1.03 bits per heavy atom. The highest BCUT2D eigenvalue weighted by Gasteiger charge is 2.52. The second-order valence-corrected chi connectivity index (χ2v) is 9.17. The quantitative estimate of drug-likeness (QED) is 0.420. The summed E-state index contributed by atoms with van der Waals surface area (Å²) in [6, 6.07) is 16.0. The number of nitrogens with zero attached hydrogens (tertiary/aromatic N) is 2. The minimum Gasteiger partial charge on any atom is -0.452 e. The Kier molecular flexibility index (Phi) is 6.13. The summed E-state index contributed by atoms with van der Waals surface area (Å²) in [5.74, 6) is -1.95. The van der Waals surface area contributed by atoms with Crippen LogP contribution in [0.25, 0.3) is 22.2 Å². The minimum atomic E-state index is -0.958. The molecule has 36 heavy (non-hydrogen) atoms. The number of nitrogens with one attached hydrogen (secondary N) is 2. The third-order valence-electron chi connectivity index (χ3n) is 6.83. The zero-order chi connectivity index (χ0) is 25.3. The lowest BCUT2D eigenvalue weighted by Crippen LogP contribution is -2.51. The lowest BCUT2D eigenvalue weighted by molar-refractivity contribution is -0.140. The Labute approximate surface area is 207 Å². The maximum Gasteiger partial charge on any atom is 0.344 e. The van der Waals surface area contributed by atoms with E-state index >= 15 is 0 Å². The summed E-state index contributed by atoms with van der Waals surface area (Å²) in [6.07, 6.45) is 3.74. The largest absolute Gasteiger partial charge is 0.452 e. The van der Waals surface area contributed by atoms with Gasteiger partial charge in [-0.1, -0.05) is 67.8 Å². The molecular formula is C27H26N4O5. The third-order valence-corrected chi connectivity index (χ3v) is 6.83. The van der Waals surface area contributed by atoms with Crippen LogP contribution in [0, 0.1) is 6.92 Å². The molecule has 0 radical (unpaired) electrons. The number of amides is 4. The number of esters is 1. The van der Waals surface area contributed by atoms with Crippen molar-refractivity contribution in [3.05, 3.63) is 65.7 Å². The van der Waals surface area contributed by atoms with Gasteiger partial charge in [-0.3, -0.25) is 15.0 Å². The zero-order valence-electron chi connectivity index (χ0n) is 19.9. The highest BCUT2D eigenvalue weighted by molar-refractivity contribution is 6.09. The molecule has 2 N–H and O–H groups in total. The number of pyridine rings is 1. The predicted octanol–water partition coefficient (Wildman–Crippen LogP) is 3.65. The number of benzene rings is 2. The summed E-state index contributed by atoms with van der Waals surface area (Å²) in [5, 5.41) is 4.02. The molecule has 3 aromatic rings. The van der Waals surface area contributed by atoms with Crippen LogP contribution in [0.15, 0.2) is 54.6 Å². The fourth-order valence-corrected chi connectivity index (χ4v) is 5.02. The average molecular weight is 487 g/mol. The Hall–Kier alpha value is -4.27. The van der Waals surface area contributed by atoms with E-state index in [9.17, 15) is 19.2 Å². The molecule has 2 heterocycles. The van der Waals surface area contributed by atoms with Gasteiger partial charge in [0.05, 0.1) is 16.8 Å². The highest BCUT2D eigenvalue weighted by atomic mass is 16.5. The van der Waals surface area contributed by atoms with E-state index in [-0.39, 0.29) is 0 Å². The average Bonchev–Trinajstić information content (AvgIpc) is 3.11. The monoisotopic (exact) mass is 486 g/mol. The van der Waals surface area contributed by atoms with Crippen molar-refractivity contribution < 1.29 is 23.9 Å². The van der Waals surface area contributed by atoms with E-state index in [1.54, 1.807) is 19.1 Å². The Morgan fingerprint density at radius 3 is 2.47 bits per heavy atom. The third kappa shape index (κ3) is 4.17. The van der Waals surface area contributed by atoms with Gasteiger partial charge in [0.1, 0.15) is 5.54 Å². The van der Waals surface area contributed by atoms with Gasteiger partial charge in [0.15, 0.2) is 6.61 Å². The Bertz CT molecular complexity index is 1370. The summed E-state index contributed by atoms with van der Waals surface area (Å²) in [7, 11) is 0. The topological polar surface area (TPSA) is 118 Å². The molecule has 1 aliphatic carbocycles. The minimum absolute atomic E-state index is 0.309. The predicted molar refractivity (Wildman–Crippen MR) is 132 cm³/mol. The molecule has 9 heteroatoms. The molecule has 0 unspecified atom stereocenters. The second kappa shape index (κ2) is 9.41. The number of imide groups is 1. The van der Waals surface area contributed by atoms with E-state index in [0.717, 1.165) is 24.8 Å². The van der Waals surface area contributed by atoms with Crippen LogP contribution in [-0.2, 0) is 14.3 Å². The number of carbonyl (C=O) groups is 4. The van der Waals surface area contributed by atoms with E-state index in [1.807, 2.05) is 42.5 Å². The normalized spacial score (nSPS) is 16.8. The van der Waals surface area contributed by atoms with Gasteiger partial charge < -0.3 is 10.1 Å². The van der Waals surface area contributed by atoms with Crippen molar-refractivity contribution in [1.82, 2.24) is 20.7 Å². The van der Waals surface area contributed by atoms with Crippen molar-refractivity contribution in [3.8, 4) is 11.3 Å². The molecule has 1 aliphatic heterocycles. The van der Waals surface area contributed by atoms with Crippen LogP contribution >= 0.6 is 0 Å². The van der Waals surface area contributed by atoms with Gasteiger partial charge in [-0.25, -0.2) is 14.6 Å². The van der Waals surface area contributed by atoms with Crippen LogP contribution in [-0.4, -0.2) is 46.0 Å². The number of aromatic nitrogens is 1. The first-order valence-corrected chi connectivity index (χ1v) is 12.0. The number of hydrazine groups is 1. The number of para-hydroxylation sites is 1. The van der Waals surface area contributed by atoms with E-state index < -0.39 is 36.0 Å². The van der Waals surface area contributed by atoms with Crippen molar-refractivity contribution >= 4 is 34.7 Å². The second-order valence-electron chi connectivity index (χ2n) is 9.17. The van der Waals surface area contributed by atoms with Crippen LogP contribution in [0.2, 0.25) is 0 Å². The number of hydrogen-bond donors (Lipinski definition) is 2. The number of fused-ring (bicyclic) bond motifs is 1. The fourth-order valence-electron chi connectivity index (χ4n) is 5.02. The number of carbonyl (C=O) groups excluding carboxylic acids is 4. The standard InChI is InChI=1S/C27H26N4O5/c1-17-22(19-12-6-7-13-20(19)28-23(17)18-10-4-2-5-11-18)24(33)36-16-21(32)30-31-25(34)27(29-26(31)35)14-8-3-9-15-27/h2,4-7,10-13H,3,8-9,14-16H2,1H3,(H,29,35)(H,30,32). The van der Waals surface area contributed by atoms with Crippen molar-refractivity contribution in [2.45, 2.75) is 44.6 Å². The van der Waals surface area contributed by atoms with Gasteiger partial charge in [0.2, 0.25) is 0 Å². The molecule has 0 bridgehead atoms. The molecule has 4 amide bonds. The van der Waals surface area contributed by atoms with Gasteiger partial charge in [0.25, 0.3) is 11.8 Å². The molecule has 2 aromatic carbocycles. The van der Waals surface area contributed by atoms with Crippen molar-refractivity contribution in [1.29, 1.82) is 0 Å². The van der Waals surface area contributed by atoms with E-state index in [4.69, 9.17) is 9.72 Å². The van der Waals surface area contributed by atoms with Crippen molar-refractivity contribution in [2.75, 3.05) is 6.61 Å². The van der Waals surface area contributed by atoms with E-state index in [1.165, 1.54) is 0 Å². The van der Waals surface area contributed by atoms with Crippen molar-refractivity contribution in [3.63, 3.8) is 0 Å². The van der Waals surface area contributed by atoms with Gasteiger partial charge in [-0.15, -0.1) is 0 Å². The summed E-state index contributed by atoms with van der Waals surface area (Å²) in [6.45, 7) is 1.13. The van der Waals surface area contributed by atoms with E-state index in [2.05, 4.69) is 10.7 Å². The molecule has 9 nitrogen and oxygen atoms in total. The van der Waals surface area contributed by atoms with Gasteiger partial charge in [-0.2, -0.15) is 5.01 Å². The van der Waals surface area contributed by atoms with Crippen LogP contribution in [0.1, 0.15) is 48.0 Å². The maximum atomic E-state index is 13.2. The fraction of sp³-hybridized carbons (Fsp3) is 0.296. The first-order chi connectivity index (χ1) is 17.4. The molecule has 1 saturated heterocycles. The summed E-state index contributed by atoms with van der Waals surface area (Å²) >= 11 is 0. The van der Waals surface area contributed by atoms with Crippen molar-refractivity contribution in [2.24, 2.45) is 0 Å². The maximum absolute atomic E-state index is 13.2.